The Labute approximate surface area is 115 Å². The minimum Gasteiger partial charge on any atom is -0.468 e. The predicted molar refractivity (Wildman–Crippen MR) is 75.7 cm³/mol. The standard InChI is InChI=1S/C15H25N3O/c16-10-13-5-9-19-15(13)12-17-8-4-14(11-17)18-6-2-1-3-7-18/h5,9,14H,1-4,6-8,10-12,16H2. The molecule has 4 heteroatoms. The van der Waals surface area contributed by atoms with Crippen LogP contribution in [0, 0.1) is 0 Å². The Morgan fingerprint density at radius 2 is 2.05 bits per heavy atom. The summed E-state index contributed by atoms with van der Waals surface area (Å²) in [6.45, 7) is 6.47. The summed E-state index contributed by atoms with van der Waals surface area (Å²) in [4.78, 5) is 5.20. The molecule has 2 saturated heterocycles. The maximum Gasteiger partial charge on any atom is 0.122 e. The molecule has 106 valence electrons. The first-order chi connectivity index (χ1) is 9.36. The molecule has 0 aliphatic carbocycles. The van der Waals surface area contributed by atoms with E-state index in [0.717, 1.165) is 23.9 Å². The van der Waals surface area contributed by atoms with Crippen LogP contribution in [0.5, 0.6) is 0 Å². The molecule has 2 N–H and O–H groups in total. The van der Waals surface area contributed by atoms with Gasteiger partial charge in [-0.15, -0.1) is 0 Å². The van der Waals surface area contributed by atoms with Gasteiger partial charge in [0.15, 0.2) is 0 Å². The quantitative estimate of drug-likeness (QED) is 0.900. The van der Waals surface area contributed by atoms with Gasteiger partial charge in [0.1, 0.15) is 5.76 Å². The zero-order valence-electron chi connectivity index (χ0n) is 11.7. The van der Waals surface area contributed by atoms with Gasteiger partial charge in [-0.25, -0.2) is 0 Å². The van der Waals surface area contributed by atoms with Gasteiger partial charge in [-0.2, -0.15) is 0 Å². The van der Waals surface area contributed by atoms with Crippen LogP contribution in [0.15, 0.2) is 16.7 Å². The summed E-state index contributed by atoms with van der Waals surface area (Å²) < 4.78 is 5.56. The van der Waals surface area contributed by atoms with Crippen molar-refractivity contribution >= 4 is 0 Å². The van der Waals surface area contributed by atoms with Crippen molar-refractivity contribution in [3.05, 3.63) is 23.7 Å². The number of nitrogens with two attached hydrogens (primary N) is 1. The van der Waals surface area contributed by atoms with E-state index in [2.05, 4.69) is 9.80 Å². The van der Waals surface area contributed by atoms with Crippen molar-refractivity contribution in [2.75, 3.05) is 26.2 Å². The molecule has 2 fully saturated rings. The van der Waals surface area contributed by atoms with Crippen LogP contribution >= 0.6 is 0 Å². The Bertz CT molecular complexity index is 398. The SMILES string of the molecule is NCc1ccoc1CN1CCC(N2CCCCC2)C1. The third-order valence-electron chi connectivity index (χ3n) is 4.58. The zero-order chi connectivity index (χ0) is 13.1. The Hall–Kier alpha value is -0.840. The van der Waals surface area contributed by atoms with Crippen LogP contribution in [0.4, 0.5) is 0 Å². The van der Waals surface area contributed by atoms with Crippen molar-refractivity contribution in [1.82, 2.24) is 9.80 Å². The molecule has 4 nitrogen and oxygen atoms in total. The maximum absolute atomic E-state index is 5.73. The Morgan fingerprint density at radius 3 is 2.84 bits per heavy atom. The lowest BCUT2D eigenvalue weighted by Crippen LogP contribution is -2.40. The minimum absolute atomic E-state index is 0.579. The fourth-order valence-electron chi connectivity index (χ4n) is 3.43. The van der Waals surface area contributed by atoms with Crippen molar-refractivity contribution < 1.29 is 4.42 Å². The Balaban J connectivity index is 1.54. The van der Waals surface area contributed by atoms with Crippen LogP contribution in [0.3, 0.4) is 0 Å². The minimum atomic E-state index is 0.579. The van der Waals surface area contributed by atoms with Gasteiger partial charge in [0.25, 0.3) is 0 Å². The monoisotopic (exact) mass is 263 g/mol. The molecular weight excluding hydrogens is 238 g/mol. The molecule has 2 aliphatic heterocycles. The van der Waals surface area contributed by atoms with Gasteiger partial charge in [0, 0.05) is 31.2 Å². The van der Waals surface area contributed by atoms with E-state index in [0.29, 0.717) is 6.54 Å². The molecule has 0 radical (unpaired) electrons. The number of hydrogen-bond acceptors (Lipinski definition) is 4. The Kier molecular flexibility index (Phi) is 4.21. The van der Waals surface area contributed by atoms with Crippen molar-refractivity contribution in [2.45, 2.75) is 44.8 Å². The first-order valence-corrected chi connectivity index (χ1v) is 7.58. The van der Waals surface area contributed by atoms with Gasteiger partial charge >= 0.3 is 0 Å². The maximum atomic E-state index is 5.73. The number of nitrogens with zero attached hydrogens (tertiary/aromatic N) is 2. The van der Waals surface area contributed by atoms with Gasteiger partial charge in [-0.1, -0.05) is 6.42 Å². The lowest BCUT2D eigenvalue weighted by molar-refractivity contribution is 0.159. The average molecular weight is 263 g/mol. The van der Waals surface area contributed by atoms with Gasteiger partial charge in [-0.05, 0) is 38.4 Å². The average Bonchev–Trinajstić information content (AvgIpc) is 3.09. The van der Waals surface area contributed by atoms with E-state index >= 15 is 0 Å². The molecule has 3 heterocycles. The highest BCUT2D eigenvalue weighted by atomic mass is 16.3. The number of rotatable bonds is 4. The molecule has 0 saturated carbocycles. The second-order valence-electron chi connectivity index (χ2n) is 5.85. The summed E-state index contributed by atoms with van der Waals surface area (Å²) in [6.07, 6.45) is 7.24. The van der Waals surface area contributed by atoms with Crippen LogP contribution < -0.4 is 5.73 Å². The molecule has 1 aromatic heterocycles. The predicted octanol–water partition coefficient (Wildman–Crippen LogP) is 1.80. The molecule has 1 unspecified atom stereocenters. The number of likely N-dealkylation sites (tertiary alicyclic amines) is 2. The van der Waals surface area contributed by atoms with Crippen LogP contribution in [-0.4, -0.2) is 42.0 Å². The number of piperidine rings is 1. The lowest BCUT2D eigenvalue weighted by Gasteiger charge is -2.32. The van der Waals surface area contributed by atoms with Crippen molar-refractivity contribution in [2.24, 2.45) is 5.73 Å². The van der Waals surface area contributed by atoms with Crippen LogP contribution in [-0.2, 0) is 13.1 Å². The van der Waals surface area contributed by atoms with Gasteiger partial charge in [0.2, 0.25) is 0 Å². The van der Waals surface area contributed by atoms with E-state index in [9.17, 15) is 0 Å². The lowest BCUT2D eigenvalue weighted by atomic mass is 10.1. The highest BCUT2D eigenvalue weighted by Gasteiger charge is 2.29. The van der Waals surface area contributed by atoms with E-state index in [1.807, 2.05) is 6.07 Å². The van der Waals surface area contributed by atoms with Gasteiger partial charge in [0.05, 0.1) is 12.8 Å². The van der Waals surface area contributed by atoms with E-state index < -0.39 is 0 Å². The van der Waals surface area contributed by atoms with Crippen LogP contribution in [0.25, 0.3) is 0 Å². The summed E-state index contributed by atoms with van der Waals surface area (Å²) in [7, 11) is 0. The molecule has 0 spiro atoms. The topological polar surface area (TPSA) is 45.6 Å². The summed E-state index contributed by atoms with van der Waals surface area (Å²) in [5, 5.41) is 0. The smallest absolute Gasteiger partial charge is 0.122 e. The van der Waals surface area contributed by atoms with Crippen LogP contribution in [0.1, 0.15) is 37.0 Å². The fraction of sp³-hybridized carbons (Fsp3) is 0.733. The Morgan fingerprint density at radius 1 is 1.21 bits per heavy atom. The highest BCUT2D eigenvalue weighted by Crippen LogP contribution is 2.22. The third-order valence-corrected chi connectivity index (χ3v) is 4.58. The molecule has 0 amide bonds. The van der Waals surface area contributed by atoms with Gasteiger partial charge in [-0.3, -0.25) is 9.80 Å². The number of furan rings is 1. The molecule has 2 aliphatic rings. The van der Waals surface area contributed by atoms with Crippen molar-refractivity contribution in [3.63, 3.8) is 0 Å². The molecule has 1 aromatic rings. The summed E-state index contributed by atoms with van der Waals surface area (Å²) in [5.41, 5.74) is 6.88. The normalized spacial score (nSPS) is 26.1. The summed E-state index contributed by atoms with van der Waals surface area (Å²) >= 11 is 0. The molecule has 0 aromatic carbocycles. The first kappa shape index (κ1) is 13.2. The second-order valence-corrected chi connectivity index (χ2v) is 5.85. The van der Waals surface area contributed by atoms with E-state index in [4.69, 9.17) is 10.2 Å². The van der Waals surface area contributed by atoms with E-state index in [-0.39, 0.29) is 0 Å². The number of hydrogen-bond donors (Lipinski definition) is 1. The first-order valence-electron chi connectivity index (χ1n) is 7.58. The molecule has 0 bridgehead atoms. The summed E-state index contributed by atoms with van der Waals surface area (Å²) in [5.74, 6) is 1.06. The van der Waals surface area contributed by atoms with E-state index in [1.54, 1.807) is 6.26 Å². The zero-order valence-corrected chi connectivity index (χ0v) is 11.7. The largest absolute Gasteiger partial charge is 0.468 e. The van der Waals surface area contributed by atoms with E-state index in [1.165, 1.54) is 51.9 Å². The van der Waals surface area contributed by atoms with Gasteiger partial charge < -0.3 is 10.2 Å². The molecule has 1 atom stereocenters. The molecule has 3 rings (SSSR count). The fourth-order valence-corrected chi connectivity index (χ4v) is 3.43. The van der Waals surface area contributed by atoms with Crippen LogP contribution in [0.2, 0.25) is 0 Å². The van der Waals surface area contributed by atoms with Crippen molar-refractivity contribution in [1.29, 1.82) is 0 Å². The highest BCUT2D eigenvalue weighted by molar-refractivity contribution is 5.16. The summed E-state index contributed by atoms with van der Waals surface area (Å²) in [6, 6.07) is 2.75. The second kappa shape index (κ2) is 6.07. The van der Waals surface area contributed by atoms with Crippen molar-refractivity contribution in [3.8, 4) is 0 Å². The molecule has 19 heavy (non-hydrogen) atoms. The third kappa shape index (κ3) is 3.02. The molecular formula is C15H25N3O.